The van der Waals surface area contributed by atoms with Gasteiger partial charge < -0.3 is 13.9 Å². The predicted octanol–water partition coefficient (Wildman–Crippen LogP) is 3.43. The van der Waals surface area contributed by atoms with Crippen molar-refractivity contribution in [3.05, 3.63) is 59.0 Å². The zero-order valence-corrected chi connectivity index (χ0v) is 17.1. The van der Waals surface area contributed by atoms with E-state index in [1.165, 1.54) is 18.1 Å². The number of rotatable bonds is 5. The predicted molar refractivity (Wildman–Crippen MR) is 107 cm³/mol. The number of likely N-dealkylation sites (tertiary alicyclic amines) is 1. The minimum Gasteiger partial charge on any atom is -0.461 e. The van der Waals surface area contributed by atoms with Gasteiger partial charge in [0.25, 0.3) is 0 Å². The fourth-order valence-corrected chi connectivity index (χ4v) is 4.99. The maximum absolute atomic E-state index is 12.6. The number of esters is 1. The molecule has 2 aromatic rings. The number of ether oxygens (including phenoxy) is 2. The molecule has 2 atom stereocenters. The Kier molecular flexibility index (Phi) is 4.98. The molecular weight excluding hydrogens is 384 g/mol. The third-order valence-corrected chi connectivity index (χ3v) is 6.37. The van der Waals surface area contributed by atoms with Crippen LogP contribution < -0.4 is 0 Å². The Hall–Kier alpha value is -2.80. The number of hydrogen-bond acceptors (Lipinski definition) is 6. The van der Waals surface area contributed by atoms with Gasteiger partial charge in [0.2, 0.25) is 0 Å². The van der Waals surface area contributed by atoms with Crippen LogP contribution in [0.2, 0.25) is 0 Å². The van der Waals surface area contributed by atoms with Crippen LogP contribution in [0.3, 0.4) is 0 Å². The van der Waals surface area contributed by atoms with Crippen molar-refractivity contribution in [1.82, 2.24) is 9.80 Å². The second-order valence-corrected chi connectivity index (χ2v) is 8.33. The van der Waals surface area contributed by atoms with Gasteiger partial charge in [0.15, 0.2) is 0 Å². The third-order valence-electron chi connectivity index (χ3n) is 6.37. The number of furan rings is 1. The van der Waals surface area contributed by atoms with Crippen molar-refractivity contribution in [2.75, 3.05) is 13.1 Å². The highest BCUT2D eigenvalue weighted by Gasteiger charge is 2.50. The summed E-state index contributed by atoms with van der Waals surface area (Å²) in [6.07, 6.45) is 2.44. The van der Waals surface area contributed by atoms with E-state index in [0.29, 0.717) is 12.3 Å². The summed E-state index contributed by atoms with van der Waals surface area (Å²) < 4.78 is 16.5. The summed E-state index contributed by atoms with van der Waals surface area (Å²) in [4.78, 5) is 27.9. The molecule has 0 spiro atoms. The highest BCUT2D eigenvalue weighted by molar-refractivity contribution is 5.73. The molecule has 30 heavy (non-hydrogen) atoms. The van der Waals surface area contributed by atoms with Crippen LogP contribution in [-0.4, -0.2) is 47.1 Å². The van der Waals surface area contributed by atoms with Crippen molar-refractivity contribution in [2.24, 2.45) is 0 Å². The van der Waals surface area contributed by atoms with Crippen LogP contribution in [0.1, 0.15) is 48.5 Å². The molecule has 5 rings (SSSR count). The van der Waals surface area contributed by atoms with Crippen LogP contribution >= 0.6 is 0 Å². The summed E-state index contributed by atoms with van der Waals surface area (Å²) in [6.45, 7) is 4.06. The Morgan fingerprint density at radius 2 is 1.90 bits per heavy atom. The lowest BCUT2D eigenvalue weighted by atomic mass is 9.99. The van der Waals surface area contributed by atoms with E-state index in [1.54, 1.807) is 0 Å². The first kappa shape index (κ1) is 19.2. The van der Waals surface area contributed by atoms with Gasteiger partial charge in [-0.15, -0.1) is 0 Å². The van der Waals surface area contributed by atoms with Crippen molar-refractivity contribution in [3.63, 3.8) is 0 Å². The lowest BCUT2D eigenvalue weighted by molar-refractivity contribution is -0.142. The van der Waals surface area contributed by atoms with Gasteiger partial charge in [0.1, 0.15) is 24.2 Å². The van der Waals surface area contributed by atoms with E-state index >= 15 is 0 Å². The Labute approximate surface area is 175 Å². The van der Waals surface area contributed by atoms with Crippen molar-refractivity contribution in [1.29, 1.82) is 0 Å². The molecule has 7 heteroatoms. The summed E-state index contributed by atoms with van der Waals surface area (Å²) in [5, 5.41) is 0. The van der Waals surface area contributed by atoms with Crippen LogP contribution in [0, 0.1) is 0 Å². The van der Waals surface area contributed by atoms with Crippen molar-refractivity contribution >= 4 is 12.1 Å². The average molecular weight is 410 g/mol. The number of carbonyl (C=O) groups is 2. The number of amides is 1. The maximum atomic E-state index is 12.6. The van der Waals surface area contributed by atoms with E-state index in [4.69, 9.17) is 13.9 Å². The first-order valence-electron chi connectivity index (χ1n) is 10.6. The first-order valence-corrected chi connectivity index (χ1v) is 10.6. The van der Waals surface area contributed by atoms with Crippen molar-refractivity contribution < 1.29 is 23.5 Å². The minimum atomic E-state index is -0.317. The highest BCUT2D eigenvalue weighted by atomic mass is 16.6. The molecular formula is C23H26N2O5. The Balaban J connectivity index is 1.19. The summed E-state index contributed by atoms with van der Waals surface area (Å²) >= 11 is 0. The van der Waals surface area contributed by atoms with E-state index in [0.717, 1.165) is 38.1 Å². The van der Waals surface area contributed by atoms with Crippen LogP contribution in [0.15, 0.2) is 40.8 Å². The Morgan fingerprint density at radius 3 is 2.70 bits per heavy atom. The molecule has 2 saturated heterocycles. The molecule has 0 N–H and O–H groups in total. The molecule has 0 saturated carbocycles. The molecule has 1 aromatic carbocycles. The summed E-state index contributed by atoms with van der Waals surface area (Å²) in [7, 11) is 0. The van der Waals surface area contributed by atoms with Gasteiger partial charge in [-0.2, -0.15) is 0 Å². The molecule has 7 nitrogen and oxygen atoms in total. The van der Waals surface area contributed by atoms with Crippen LogP contribution in [0.5, 0.6) is 0 Å². The van der Waals surface area contributed by atoms with Gasteiger partial charge >= 0.3 is 12.1 Å². The molecule has 0 bridgehead atoms. The lowest BCUT2D eigenvalue weighted by Crippen LogP contribution is -2.46. The topological polar surface area (TPSA) is 72.2 Å². The molecule has 1 amide bonds. The Morgan fingerprint density at radius 1 is 1.13 bits per heavy atom. The minimum absolute atomic E-state index is 0.0494. The molecule has 3 aliphatic rings. The Bertz CT molecular complexity index is 947. The number of piperidine rings is 1. The number of fused-ring (bicyclic) bond motifs is 3. The van der Waals surface area contributed by atoms with E-state index in [1.807, 2.05) is 23.1 Å². The SMILES string of the molecule is CC(=O)OCc1ccc(CN2CCC(N3C(=O)O[C@@H]4Cc5ccccc5[C@@H]43)CC2)o1. The lowest BCUT2D eigenvalue weighted by Gasteiger charge is -2.37. The van der Waals surface area contributed by atoms with Gasteiger partial charge in [-0.3, -0.25) is 14.6 Å². The molecule has 158 valence electrons. The molecule has 0 unspecified atom stereocenters. The smallest absolute Gasteiger partial charge is 0.411 e. The molecule has 3 heterocycles. The molecule has 2 aliphatic heterocycles. The van der Waals surface area contributed by atoms with Gasteiger partial charge in [0, 0.05) is 32.5 Å². The van der Waals surface area contributed by atoms with E-state index in [2.05, 4.69) is 23.1 Å². The second kappa shape index (κ2) is 7.80. The van der Waals surface area contributed by atoms with Crippen LogP contribution in [0.4, 0.5) is 4.79 Å². The van der Waals surface area contributed by atoms with Gasteiger partial charge in [-0.1, -0.05) is 24.3 Å². The van der Waals surface area contributed by atoms with E-state index in [9.17, 15) is 9.59 Å². The van der Waals surface area contributed by atoms with Crippen LogP contribution in [-0.2, 0) is 33.8 Å². The normalized spacial score (nSPS) is 23.9. The number of benzene rings is 1. The zero-order valence-electron chi connectivity index (χ0n) is 17.1. The molecule has 2 fully saturated rings. The molecule has 1 aliphatic carbocycles. The average Bonchev–Trinajstić information content (AvgIpc) is 3.40. The van der Waals surface area contributed by atoms with Gasteiger partial charge in [0.05, 0.1) is 12.6 Å². The van der Waals surface area contributed by atoms with Crippen LogP contribution in [0.25, 0.3) is 0 Å². The zero-order chi connectivity index (χ0) is 20.7. The van der Waals surface area contributed by atoms with Crippen molar-refractivity contribution in [3.8, 4) is 0 Å². The highest BCUT2D eigenvalue weighted by Crippen LogP contribution is 2.44. The third kappa shape index (κ3) is 3.58. The quantitative estimate of drug-likeness (QED) is 0.704. The number of nitrogens with zero attached hydrogens (tertiary/aromatic N) is 2. The molecule has 1 aromatic heterocycles. The fourth-order valence-electron chi connectivity index (χ4n) is 4.99. The fraction of sp³-hybridized carbons (Fsp3) is 0.478. The van der Waals surface area contributed by atoms with Gasteiger partial charge in [-0.05, 0) is 36.1 Å². The van der Waals surface area contributed by atoms with Gasteiger partial charge in [-0.25, -0.2) is 4.79 Å². The number of carbonyl (C=O) groups excluding carboxylic acids is 2. The van der Waals surface area contributed by atoms with E-state index in [-0.39, 0.29) is 36.9 Å². The first-order chi connectivity index (χ1) is 14.6. The summed E-state index contributed by atoms with van der Waals surface area (Å²) in [5.74, 6) is 1.20. The van der Waals surface area contributed by atoms with Crippen molar-refractivity contribution in [2.45, 2.75) is 57.5 Å². The summed E-state index contributed by atoms with van der Waals surface area (Å²) in [5.41, 5.74) is 2.54. The standard InChI is InChI=1S/C23H26N2O5/c1-15(26)28-14-19-7-6-18(29-19)13-24-10-8-17(9-11-24)25-22-20-5-3-2-4-16(20)12-21(22)30-23(25)27/h2-7,17,21-22H,8-14H2,1H3/t21-,22+/m1/s1. The summed E-state index contributed by atoms with van der Waals surface area (Å²) in [6, 6.07) is 12.4. The molecule has 0 radical (unpaired) electrons. The monoisotopic (exact) mass is 410 g/mol. The van der Waals surface area contributed by atoms with E-state index < -0.39 is 0 Å². The second-order valence-electron chi connectivity index (χ2n) is 8.33. The largest absolute Gasteiger partial charge is 0.461 e. The number of hydrogen-bond donors (Lipinski definition) is 0. The maximum Gasteiger partial charge on any atom is 0.411 e.